The fourth-order valence-electron chi connectivity index (χ4n) is 5.31. The molecule has 0 N–H and O–H groups in total. The van der Waals surface area contributed by atoms with Crippen LogP contribution in [0.15, 0.2) is 60.8 Å². The summed E-state index contributed by atoms with van der Waals surface area (Å²) in [6.07, 6.45) is 4.31. The number of carbonyl (C=O) groups excluding carboxylic acids is 1. The molecule has 200 valence electrons. The summed E-state index contributed by atoms with van der Waals surface area (Å²) >= 11 is 0. The number of carbonyl (C=O) groups is 1. The molecule has 11 heteroatoms. The molecule has 39 heavy (non-hydrogen) atoms. The number of nitro benzene ring substituents is 1. The number of nitrogens with zero attached hydrogens (tertiary/aromatic N) is 7. The number of hydrogen-bond acceptors (Lipinski definition) is 8. The van der Waals surface area contributed by atoms with Gasteiger partial charge < -0.3 is 14.5 Å². The van der Waals surface area contributed by atoms with Crippen LogP contribution in [0, 0.1) is 10.1 Å². The highest BCUT2D eigenvalue weighted by molar-refractivity contribution is 5.95. The molecule has 0 saturated carbocycles. The van der Waals surface area contributed by atoms with Crippen molar-refractivity contribution in [3.05, 3.63) is 82.3 Å². The summed E-state index contributed by atoms with van der Waals surface area (Å²) in [6.45, 7) is 3.72. The second-order valence-corrected chi connectivity index (χ2v) is 9.86. The summed E-state index contributed by atoms with van der Waals surface area (Å²) in [6, 6.07) is 15.9. The smallest absolute Gasteiger partial charge is 0.270 e. The molecular weight excluding hydrogens is 498 g/mol. The minimum absolute atomic E-state index is 0.0863. The Morgan fingerprint density at radius 2 is 1.79 bits per heavy atom. The Morgan fingerprint density at radius 3 is 2.59 bits per heavy atom. The lowest BCUT2D eigenvalue weighted by molar-refractivity contribution is -0.384. The largest absolute Gasteiger partial charge is 0.381 e. The molecule has 2 fully saturated rings. The minimum Gasteiger partial charge on any atom is -0.381 e. The van der Waals surface area contributed by atoms with Gasteiger partial charge in [-0.15, -0.1) is 0 Å². The van der Waals surface area contributed by atoms with Crippen molar-refractivity contribution in [1.29, 1.82) is 0 Å². The van der Waals surface area contributed by atoms with Crippen LogP contribution in [0.2, 0.25) is 0 Å². The molecule has 0 aliphatic carbocycles. The number of ether oxygens (including phenoxy) is 1. The molecule has 4 aromatic rings. The van der Waals surface area contributed by atoms with E-state index in [-0.39, 0.29) is 17.5 Å². The van der Waals surface area contributed by atoms with Crippen molar-refractivity contribution in [2.24, 2.45) is 0 Å². The molecule has 0 unspecified atom stereocenters. The van der Waals surface area contributed by atoms with Gasteiger partial charge in [0.2, 0.25) is 0 Å². The number of non-ortho nitro benzene ring substituents is 1. The summed E-state index contributed by atoms with van der Waals surface area (Å²) in [5.41, 5.74) is 1.94. The van der Waals surface area contributed by atoms with Gasteiger partial charge in [0.1, 0.15) is 11.6 Å². The van der Waals surface area contributed by atoms with E-state index in [4.69, 9.17) is 14.7 Å². The van der Waals surface area contributed by atoms with Gasteiger partial charge in [-0.2, -0.15) is 5.10 Å². The molecule has 2 aliphatic heterocycles. The SMILES string of the molecule is O=C(c1cccc([N+](=O)[O-])c1)N1CCCN(c2nc(C3CCOCC3)nc3c2cnn3-c2ccccc2)CC1. The second kappa shape index (κ2) is 10.8. The number of fused-ring (bicyclic) bond motifs is 1. The number of aromatic nitrogens is 4. The van der Waals surface area contributed by atoms with Crippen LogP contribution in [0.1, 0.15) is 41.4 Å². The van der Waals surface area contributed by atoms with E-state index in [9.17, 15) is 14.9 Å². The van der Waals surface area contributed by atoms with Gasteiger partial charge in [0.05, 0.1) is 22.2 Å². The highest BCUT2D eigenvalue weighted by Gasteiger charge is 2.27. The molecule has 0 radical (unpaired) electrons. The summed E-state index contributed by atoms with van der Waals surface area (Å²) < 4.78 is 7.44. The van der Waals surface area contributed by atoms with Crippen molar-refractivity contribution in [2.75, 3.05) is 44.3 Å². The van der Waals surface area contributed by atoms with Crippen LogP contribution >= 0.6 is 0 Å². The number of amides is 1. The van der Waals surface area contributed by atoms with Gasteiger partial charge in [-0.05, 0) is 37.5 Å². The Morgan fingerprint density at radius 1 is 0.974 bits per heavy atom. The van der Waals surface area contributed by atoms with E-state index in [1.54, 1.807) is 17.0 Å². The predicted octanol–water partition coefficient (Wildman–Crippen LogP) is 3.97. The summed E-state index contributed by atoms with van der Waals surface area (Å²) in [7, 11) is 0. The average Bonchev–Trinajstić information content (AvgIpc) is 3.26. The summed E-state index contributed by atoms with van der Waals surface area (Å²) in [4.78, 5) is 38.0. The van der Waals surface area contributed by atoms with Gasteiger partial charge in [-0.3, -0.25) is 14.9 Å². The third-order valence-corrected chi connectivity index (χ3v) is 7.40. The van der Waals surface area contributed by atoms with Gasteiger partial charge in [-0.25, -0.2) is 14.6 Å². The Balaban J connectivity index is 1.32. The first-order valence-electron chi connectivity index (χ1n) is 13.3. The fourth-order valence-corrected chi connectivity index (χ4v) is 5.31. The fraction of sp³-hybridized carbons (Fsp3) is 0.357. The van der Waals surface area contributed by atoms with Crippen LogP contribution < -0.4 is 4.90 Å². The summed E-state index contributed by atoms with van der Waals surface area (Å²) in [5.74, 6) is 1.63. The third-order valence-electron chi connectivity index (χ3n) is 7.40. The number of para-hydroxylation sites is 1. The predicted molar refractivity (Wildman–Crippen MR) is 145 cm³/mol. The van der Waals surface area contributed by atoms with Gasteiger partial charge >= 0.3 is 0 Å². The van der Waals surface area contributed by atoms with Gasteiger partial charge in [-0.1, -0.05) is 24.3 Å². The molecule has 2 saturated heterocycles. The van der Waals surface area contributed by atoms with Gasteiger partial charge in [0.15, 0.2) is 5.65 Å². The van der Waals surface area contributed by atoms with E-state index in [1.807, 2.05) is 41.2 Å². The maximum Gasteiger partial charge on any atom is 0.270 e. The van der Waals surface area contributed by atoms with E-state index in [0.29, 0.717) is 45.0 Å². The average molecular weight is 528 g/mol. The number of rotatable bonds is 5. The molecular formula is C28H29N7O4. The van der Waals surface area contributed by atoms with Crippen LogP contribution in [-0.2, 0) is 4.74 Å². The first kappa shape index (κ1) is 24.9. The monoisotopic (exact) mass is 527 g/mol. The van der Waals surface area contributed by atoms with Gasteiger partial charge in [0.25, 0.3) is 11.6 Å². The molecule has 1 amide bonds. The molecule has 2 aromatic heterocycles. The van der Waals surface area contributed by atoms with Crippen molar-refractivity contribution < 1.29 is 14.5 Å². The Hall–Kier alpha value is -4.38. The van der Waals surface area contributed by atoms with Crippen LogP contribution in [0.25, 0.3) is 16.7 Å². The lowest BCUT2D eigenvalue weighted by Crippen LogP contribution is -2.35. The molecule has 0 bridgehead atoms. The van der Waals surface area contributed by atoms with E-state index >= 15 is 0 Å². The minimum atomic E-state index is -0.479. The molecule has 0 spiro atoms. The highest BCUT2D eigenvalue weighted by atomic mass is 16.6. The van der Waals surface area contributed by atoms with Crippen LogP contribution in [-0.4, -0.2) is 74.9 Å². The van der Waals surface area contributed by atoms with Crippen molar-refractivity contribution >= 4 is 28.4 Å². The number of benzene rings is 2. The Labute approximate surface area is 225 Å². The first-order valence-corrected chi connectivity index (χ1v) is 13.3. The van der Waals surface area contributed by atoms with Crippen molar-refractivity contribution in [1.82, 2.24) is 24.6 Å². The molecule has 2 aromatic carbocycles. The van der Waals surface area contributed by atoms with Crippen molar-refractivity contribution in [3.8, 4) is 5.69 Å². The standard InChI is InChI=1S/C28H29N7O4/c36-28(21-6-4-9-23(18-21)35(37)38)33-13-5-12-32(14-15-33)26-24-19-29-34(22-7-2-1-3-8-22)27(24)31-25(30-26)20-10-16-39-17-11-20/h1-4,6-9,18-20H,5,10-17H2. The number of hydrogen-bond donors (Lipinski definition) is 0. The quantitative estimate of drug-likeness (QED) is 0.283. The Kier molecular flexibility index (Phi) is 6.89. The molecule has 0 atom stereocenters. The lowest BCUT2D eigenvalue weighted by atomic mass is 9.99. The summed E-state index contributed by atoms with van der Waals surface area (Å²) in [5, 5.41) is 16.7. The normalized spacial score (nSPS) is 16.8. The zero-order chi connectivity index (χ0) is 26.8. The highest BCUT2D eigenvalue weighted by Crippen LogP contribution is 2.32. The zero-order valence-electron chi connectivity index (χ0n) is 21.5. The number of anilines is 1. The number of nitro groups is 1. The topological polar surface area (TPSA) is 120 Å². The zero-order valence-corrected chi connectivity index (χ0v) is 21.5. The maximum absolute atomic E-state index is 13.2. The lowest BCUT2D eigenvalue weighted by Gasteiger charge is -2.26. The Bertz CT molecular complexity index is 1500. The van der Waals surface area contributed by atoms with Crippen LogP contribution in [0.5, 0.6) is 0 Å². The van der Waals surface area contributed by atoms with Crippen LogP contribution in [0.4, 0.5) is 11.5 Å². The van der Waals surface area contributed by atoms with E-state index in [0.717, 1.165) is 47.6 Å². The van der Waals surface area contributed by atoms with Gasteiger partial charge in [0, 0.05) is 63.0 Å². The van der Waals surface area contributed by atoms with E-state index < -0.39 is 4.92 Å². The first-order chi connectivity index (χ1) is 19.1. The van der Waals surface area contributed by atoms with E-state index in [1.165, 1.54) is 12.1 Å². The molecule has 6 rings (SSSR count). The third kappa shape index (κ3) is 5.05. The second-order valence-electron chi connectivity index (χ2n) is 9.86. The maximum atomic E-state index is 13.2. The molecule has 2 aliphatic rings. The van der Waals surface area contributed by atoms with E-state index in [2.05, 4.69) is 10.00 Å². The molecule has 11 nitrogen and oxygen atoms in total. The van der Waals surface area contributed by atoms with Crippen LogP contribution in [0.3, 0.4) is 0 Å². The molecule has 4 heterocycles. The van der Waals surface area contributed by atoms with Crippen molar-refractivity contribution in [2.45, 2.75) is 25.2 Å². The van der Waals surface area contributed by atoms with Crippen molar-refractivity contribution in [3.63, 3.8) is 0 Å².